The van der Waals surface area contributed by atoms with E-state index in [9.17, 15) is 14.4 Å². The summed E-state index contributed by atoms with van der Waals surface area (Å²) in [6, 6.07) is 9.76. The molecule has 0 unspecified atom stereocenters. The number of esters is 1. The van der Waals surface area contributed by atoms with Crippen LogP contribution in [-0.2, 0) is 14.3 Å². The van der Waals surface area contributed by atoms with Gasteiger partial charge in [-0.2, -0.15) is 5.10 Å². The molecule has 1 fully saturated rings. The summed E-state index contributed by atoms with van der Waals surface area (Å²) in [7, 11) is 0. The van der Waals surface area contributed by atoms with E-state index < -0.39 is 5.97 Å². The molecule has 1 saturated carbocycles. The average Bonchev–Trinajstić information content (AvgIpc) is 3.34. The molecule has 7 nitrogen and oxygen atoms in total. The third kappa shape index (κ3) is 5.02. The predicted molar refractivity (Wildman–Crippen MR) is 119 cm³/mol. The van der Waals surface area contributed by atoms with Crippen LogP contribution < -0.4 is 5.32 Å². The zero-order valence-corrected chi connectivity index (χ0v) is 18.2. The molecule has 1 aromatic heterocycles. The second kappa shape index (κ2) is 9.43. The fourth-order valence-electron chi connectivity index (χ4n) is 3.58. The third-order valence-corrected chi connectivity index (χ3v) is 6.25. The van der Waals surface area contributed by atoms with Gasteiger partial charge in [0, 0.05) is 19.3 Å². The Kier molecular flexibility index (Phi) is 6.46. The Morgan fingerprint density at radius 3 is 2.68 bits per heavy atom. The van der Waals surface area contributed by atoms with Crippen LogP contribution in [0.25, 0.3) is 0 Å². The molecule has 0 bridgehead atoms. The molecule has 2 aromatic rings. The number of nitrogens with zero attached hydrogens (tertiary/aromatic N) is 2. The minimum atomic E-state index is -0.406. The third-order valence-electron chi connectivity index (χ3n) is 5.33. The highest BCUT2D eigenvalue weighted by Gasteiger charge is 2.32. The van der Waals surface area contributed by atoms with Crippen LogP contribution >= 0.6 is 11.3 Å². The van der Waals surface area contributed by atoms with Crippen molar-refractivity contribution in [1.82, 2.24) is 5.01 Å². The van der Waals surface area contributed by atoms with Crippen LogP contribution in [0.1, 0.15) is 66.4 Å². The number of rotatable bonds is 8. The maximum absolute atomic E-state index is 12.5. The van der Waals surface area contributed by atoms with Crippen LogP contribution in [0.4, 0.5) is 5.00 Å². The summed E-state index contributed by atoms with van der Waals surface area (Å²) in [5.74, 6) is -0.516. The van der Waals surface area contributed by atoms with E-state index in [4.69, 9.17) is 4.74 Å². The Bertz CT molecular complexity index is 1010. The van der Waals surface area contributed by atoms with E-state index in [-0.39, 0.29) is 31.3 Å². The van der Waals surface area contributed by atoms with Gasteiger partial charge in [0.15, 0.2) is 0 Å². The summed E-state index contributed by atoms with van der Waals surface area (Å²) in [6.07, 6.45) is 2.89. The lowest BCUT2D eigenvalue weighted by Crippen LogP contribution is -2.25. The average molecular weight is 440 g/mol. The number of carbonyl (C=O) groups is 3. The lowest BCUT2D eigenvalue weighted by atomic mass is 10.1. The van der Waals surface area contributed by atoms with Gasteiger partial charge >= 0.3 is 5.97 Å². The number of ether oxygens (including phenoxy) is 1. The fourth-order valence-corrected chi connectivity index (χ4v) is 4.63. The Morgan fingerprint density at radius 1 is 1.19 bits per heavy atom. The van der Waals surface area contributed by atoms with Gasteiger partial charge in [0.1, 0.15) is 5.00 Å². The molecule has 162 valence electrons. The van der Waals surface area contributed by atoms with E-state index in [1.54, 1.807) is 6.92 Å². The number of benzene rings is 1. The van der Waals surface area contributed by atoms with Gasteiger partial charge in [-0.3, -0.25) is 9.59 Å². The molecule has 1 aliphatic carbocycles. The van der Waals surface area contributed by atoms with Crippen LogP contribution in [-0.4, -0.2) is 41.7 Å². The monoisotopic (exact) mass is 439 g/mol. The van der Waals surface area contributed by atoms with Gasteiger partial charge in [-0.15, -0.1) is 11.3 Å². The number of hydrogen-bond donors (Lipinski definition) is 1. The summed E-state index contributed by atoms with van der Waals surface area (Å²) < 4.78 is 5.18. The predicted octanol–water partition coefficient (Wildman–Crippen LogP) is 4.16. The van der Waals surface area contributed by atoms with Gasteiger partial charge in [-0.25, -0.2) is 9.80 Å². The summed E-state index contributed by atoms with van der Waals surface area (Å²) >= 11 is 1.33. The molecule has 31 heavy (non-hydrogen) atoms. The normalized spacial score (nSPS) is 15.5. The molecule has 4 rings (SSSR count). The molecule has 1 N–H and O–H groups in total. The molecule has 8 heteroatoms. The van der Waals surface area contributed by atoms with Crippen molar-refractivity contribution >= 4 is 39.8 Å². The first-order chi connectivity index (χ1) is 15.1. The molecule has 1 aromatic carbocycles. The molecule has 1 aliphatic heterocycles. The van der Waals surface area contributed by atoms with E-state index in [0.717, 1.165) is 29.7 Å². The number of carbonyl (C=O) groups excluding carboxylic acids is 3. The quantitative estimate of drug-likeness (QED) is 0.626. The van der Waals surface area contributed by atoms with E-state index in [2.05, 4.69) is 10.4 Å². The van der Waals surface area contributed by atoms with Crippen molar-refractivity contribution in [3.63, 3.8) is 0 Å². The summed E-state index contributed by atoms with van der Waals surface area (Å²) in [5, 5.41) is 11.1. The molecular formula is C23H25N3O4S. The highest BCUT2D eigenvalue weighted by molar-refractivity contribution is 7.15. The van der Waals surface area contributed by atoms with Crippen molar-refractivity contribution in [2.24, 2.45) is 5.10 Å². The van der Waals surface area contributed by atoms with Gasteiger partial charge in [0.25, 0.3) is 0 Å². The first-order valence-corrected chi connectivity index (χ1v) is 11.5. The molecule has 0 atom stereocenters. The van der Waals surface area contributed by atoms with E-state index in [1.807, 2.05) is 35.7 Å². The first-order valence-electron chi connectivity index (χ1n) is 10.6. The molecule has 0 saturated heterocycles. The Morgan fingerprint density at radius 2 is 1.97 bits per heavy atom. The summed E-state index contributed by atoms with van der Waals surface area (Å²) in [6.45, 7) is 2.56. The lowest BCUT2D eigenvalue weighted by molar-refractivity contribution is -0.132. The van der Waals surface area contributed by atoms with Crippen molar-refractivity contribution in [2.75, 3.05) is 18.5 Å². The fraction of sp³-hybridized carbons (Fsp3) is 0.391. The summed E-state index contributed by atoms with van der Waals surface area (Å²) in [5.41, 5.74) is 3.30. The Labute approximate surface area is 185 Å². The van der Waals surface area contributed by atoms with Gasteiger partial charge in [0.05, 0.1) is 24.4 Å². The maximum atomic E-state index is 12.5. The largest absolute Gasteiger partial charge is 0.462 e. The van der Waals surface area contributed by atoms with Gasteiger partial charge in [-0.05, 0) is 42.2 Å². The van der Waals surface area contributed by atoms with E-state index >= 15 is 0 Å². The molecular weight excluding hydrogens is 414 g/mol. The SMILES string of the molecule is CCOC(=O)c1c(C2CC2)csc1NC(=O)CCC(=O)N1CCC(c2ccccc2)=N1. The Hall–Kier alpha value is -3.00. The van der Waals surface area contributed by atoms with Crippen LogP contribution in [0.5, 0.6) is 0 Å². The Balaban J connectivity index is 1.34. The maximum Gasteiger partial charge on any atom is 0.341 e. The van der Waals surface area contributed by atoms with Gasteiger partial charge < -0.3 is 10.1 Å². The number of hydrogen-bond acceptors (Lipinski definition) is 6. The topological polar surface area (TPSA) is 88.1 Å². The smallest absolute Gasteiger partial charge is 0.341 e. The molecule has 2 amide bonds. The summed E-state index contributed by atoms with van der Waals surface area (Å²) in [4.78, 5) is 37.4. The van der Waals surface area contributed by atoms with Crippen LogP contribution in [0.15, 0.2) is 40.8 Å². The van der Waals surface area contributed by atoms with Crippen LogP contribution in [0.2, 0.25) is 0 Å². The van der Waals surface area contributed by atoms with Crippen LogP contribution in [0.3, 0.4) is 0 Å². The van der Waals surface area contributed by atoms with Gasteiger partial charge in [0.2, 0.25) is 11.8 Å². The number of nitrogens with one attached hydrogen (secondary N) is 1. The first kappa shape index (κ1) is 21.2. The van der Waals surface area contributed by atoms with Crippen molar-refractivity contribution in [2.45, 2.75) is 44.9 Å². The molecule has 2 aliphatic rings. The van der Waals surface area contributed by atoms with Crippen molar-refractivity contribution in [3.8, 4) is 0 Å². The van der Waals surface area contributed by atoms with Crippen LogP contribution in [0, 0.1) is 0 Å². The minimum absolute atomic E-state index is 0.0322. The van der Waals surface area contributed by atoms with Crippen molar-refractivity contribution < 1.29 is 19.1 Å². The lowest BCUT2D eigenvalue weighted by Gasteiger charge is -2.11. The minimum Gasteiger partial charge on any atom is -0.462 e. The standard InChI is InChI=1S/C23H25N3O4S/c1-2-30-23(29)21-17(15-8-9-15)14-31-22(21)24-19(27)10-11-20(28)26-13-12-18(25-26)16-6-4-3-5-7-16/h3-7,14-15H,2,8-13H2,1H3,(H,24,27). The van der Waals surface area contributed by atoms with Crippen molar-refractivity contribution in [1.29, 1.82) is 0 Å². The number of amides is 2. The number of hydrazone groups is 1. The van der Waals surface area contributed by atoms with Gasteiger partial charge in [-0.1, -0.05) is 30.3 Å². The second-order valence-electron chi connectivity index (χ2n) is 7.62. The zero-order valence-electron chi connectivity index (χ0n) is 17.4. The number of thiophene rings is 1. The molecule has 0 radical (unpaired) electrons. The van der Waals surface area contributed by atoms with E-state index in [0.29, 0.717) is 29.4 Å². The molecule has 0 spiro atoms. The number of anilines is 1. The van der Waals surface area contributed by atoms with Crippen molar-refractivity contribution in [3.05, 3.63) is 52.4 Å². The second-order valence-corrected chi connectivity index (χ2v) is 8.50. The highest BCUT2D eigenvalue weighted by Crippen LogP contribution is 2.46. The van der Waals surface area contributed by atoms with E-state index in [1.165, 1.54) is 16.3 Å². The highest BCUT2D eigenvalue weighted by atomic mass is 32.1. The zero-order chi connectivity index (χ0) is 21.8. The molecule has 2 heterocycles.